The first-order valence-electron chi connectivity index (χ1n) is 10.4. The van der Waals surface area contributed by atoms with Crippen molar-refractivity contribution in [3.63, 3.8) is 0 Å². The van der Waals surface area contributed by atoms with Gasteiger partial charge in [0.1, 0.15) is 26.2 Å². The van der Waals surface area contributed by atoms with Crippen LogP contribution in [0.15, 0.2) is 66.7 Å². The van der Waals surface area contributed by atoms with Gasteiger partial charge in [0.15, 0.2) is 6.54 Å². The number of quaternary nitrogens is 2. The molecule has 3 N–H and O–H groups in total. The van der Waals surface area contributed by atoms with E-state index in [-0.39, 0.29) is 5.91 Å². The van der Waals surface area contributed by atoms with E-state index in [0.717, 1.165) is 32.7 Å². The summed E-state index contributed by atoms with van der Waals surface area (Å²) in [5, 5.41) is 3.11. The van der Waals surface area contributed by atoms with Gasteiger partial charge in [-0.05, 0) is 23.1 Å². The van der Waals surface area contributed by atoms with Gasteiger partial charge >= 0.3 is 0 Å². The summed E-state index contributed by atoms with van der Waals surface area (Å²) in [4.78, 5) is 15.3. The molecule has 28 heavy (non-hydrogen) atoms. The van der Waals surface area contributed by atoms with Crippen LogP contribution in [0.3, 0.4) is 0 Å². The second-order valence-corrected chi connectivity index (χ2v) is 7.81. The van der Waals surface area contributed by atoms with Crippen molar-refractivity contribution >= 4 is 12.0 Å². The van der Waals surface area contributed by atoms with E-state index >= 15 is 0 Å². The van der Waals surface area contributed by atoms with E-state index in [9.17, 15) is 4.79 Å². The zero-order valence-corrected chi connectivity index (χ0v) is 16.9. The van der Waals surface area contributed by atoms with E-state index < -0.39 is 0 Å². The van der Waals surface area contributed by atoms with Crippen LogP contribution in [0.2, 0.25) is 0 Å². The Morgan fingerprint density at radius 1 is 0.964 bits per heavy atom. The van der Waals surface area contributed by atoms with E-state index in [1.54, 1.807) is 4.90 Å². The monoisotopic (exact) mass is 379 g/mol. The lowest BCUT2D eigenvalue weighted by atomic mass is 10.0. The van der Waals surface area contributed by atoms with Crippen molar-refractivity contribution in [2.24, 2.45) is 0 Å². The van der Waals surface area contributed by atoms with Gasteiger partial charge in [-0.3, -0.25) is 4.79 Å². The molecule has 1 amide bonds. The van der Waals surface area contributed by atoms with Crippen LogP contribution in [0.4, 0.5) is 0 Å². The van der Waals surface area contributed by atoms with Gasteiger partial charge in [0.25, 0.3) is 5.91 Å². The predicted octanol–water partition coefficient (Wildman–Crippen LogP) is 0.403. The normalized spacial score (nSPS) is 20.8. The smallest absolute Gasteiger partial charge is 0.275 e. The molecule has 0 radical (unpaired) electrons. The highest BCUT2D eigenvalue weighted by Crippen LogP contribution is 2.12. The summed E-state index contributed by atoms with van der Waals surface area (Å²) < 4.78 is 0. The Kier molecular flexibility index (Phi) is 7.82. The number of benzene rings is 2. The van der Waals surface area contributed by atoms with Gasteiger partial charge in [0.05, 0.1) is 6.54 Å². The largest absolute Gasteiger partial charge is 0.351 e. The number of piperazine rings is 1. The molecule has 3 rings (SSSR count). The van der Waals surface area contributed by atoms with Crippen LogP contribution < -0.4 is 15.1 Å². The van der Waals surface area contributed by atoms with Crippen molar-refractivity contribution in [3.05, 3.63) is 77.9 Å². The third-order valence-electron chi connectivity index (χ3n) is 5.57. The maximum atomic E-state index is 12.3. The minimum Gasteiger partial charge on any atom is -0.351 e. The fourth-order valence-corrected chi connectivity index (χ4v) is 3.72. The van der Waals surface area contributed by atoms with Gasteiger partial charge in [-0.2, -0.15) is 0 Å². The van der Waals surface area contributed by atoms with Crippen molar-refractivity contribution in [1.82, 2.24) is 5.32 Å². The van der Waals surface area contributed by atoms with Crippen LogP contribution in [0, 0.1) is 0 Å². The van der Waals surface area contributed by atoms with E-state index in [2.05, 4.69) is 72.9 Å². The number of hydrogen-bond donors (Lipinski definition) is 3. The molecule has 4 heteroatoms. The first kappa shape index (κ1) is 20.3. The molecule has 1 heterocycles. The molecule has 1 aliphatic heterocycles. The summed E-state index contributed by atoms with van der Waals surface area (Å²) in [6.07, 6.45) is 4.47. The van der Waals surface area contributed by atoms with Gasteiger partial charge in [-0.15, -0.1) is 0 Å². The fraction of sp³-hybridized carbons (Fsp3) is 0.375. The molecular formula is C24H33N3O+2. The second kappa shape index (κ2) is 10.8. The summed E-state index contributed by atoms with van der Waals surface area (Å²) in [5.74, 6) is 0.517. The molecule has 4 nitrogen and oxygen atoms in total. The van der Waals surface area contributed by atoms with Crippen LogP contribution in [0.5, 0.6) is 0 Å². The number of rotatable bonds is 8. The SMILES string of the molecule is C[C@@H](CNC(=O)C[NH+]1CC[NH+](C/C=C/c2ccccc2)CC1)c1ccccc1. The topological polar surface area (TPSA) is 38.0 Å². The molecule has 0 spiro atoms. The van der Waals surface area contributed by atoms with Crippen LogP contribution >= 0.6 is 0 Å². The van der Waals surface area contributed by atoms with E-state index in [4.69, 9.17) is 0 Å². The van der Waals surface area contributed by atoms with Crippen LogP contribution in [-0.4, -0.2) is 51.7 Å². The molecule has 0 unspecified atom stereocenters. The summed E-state index contributed by atoms with van der Waals surface area (Å²) in [6, 6.07) is 20.8. The van der Waals surface area contributed by atoms with Crippen LogP contribution in [0.25, 0.3) is 6.08 Å². The van der Waals surface area contributed by atoms with Crippen LogP contribution in [-0.2, 0) is 4.79 Å². The van der Waals surface area contributed by atoms with Gasteiger partial charge in [0, 0.05) is 6.54 Å². The molecule has 0 aliphatic carbocycles. The Labute approximate surface area is 168 Å². The van der Waals surface area contributed by atoms with E-state index in [1.165, 1.54) is 16.0 Å². The Morgan fingerprint density at radius 3 is 2.25 bits per heavy atom. The minimum atomic E-state index is 0.171. The first-order chi connectivity index (χ1) is 13.7. The number of carbonyl (C=O) groups excluding carboxylic acids is 1. The maximum absolute atomic E-state index is 12.3. The Bertz CT molecular complexity index is 737. The molecule has 2 aromatic rings. The molecule has 1 fully saturated rings. The van der Waals surface area contributed by atoms with E-state index in [1.807, 2.05) is 12.1 Å². The average molecular weight is 380 g/mol. The number of amides is 1. The molecule has 1 aliphatic rings. The summed E-state index contributed by atoms with van der Waals surface area (Å²) in [5.41, 5.74) is 2.53. The van der Waals surface area contributed by atoms with E-state index in [0.29, 0.717) is 19.0 Å². The van der Waals surface area contributed by atoms with Gasteiger partial charge < -0.3 is 15.1 Å². The lowest BCUT2D eigenvalue weighted by molar-refractivity contribution is -1.01. The van der Waals surface area contributed by atoms with Crippen molar-refractivity contribution < 1.29 is 14.6 Å². The number of hydrogen-bond acceptors (Lipinski definition) is 1. The molecule has 1 atom stereocenters. The quantitative estimate of drug-likeness (QED) is 0.611. The van der Waals surface area contributed by atoms with Crippen molar-refractivity contribution in [3.8, 4) is 0 Å². The highest BCUT2D eigenvalue weighted by Gasteiger charge is 2.24. The molecule has 148 valence electrons. The fourth-order valence-electron chi connectivity index (χ4n) is 3.72. The molecule has 2 aromatic carbocycles. The highest BCUT2D eigenvalue weighted by atomic mass is 16.2. The molecular weight excluding hydrogens is 346 g/mol. The standard InChI is InChI=1S/C24H31N3O/c1-21(23-12-6-3-7-13-23)19-25-24(28)20-27-17-15-26(16-18-27)14-8-11-22-9-4-2-5-10-22/h2-13,21H,14-20H2,1H3,(H,25,28)/p+2/b11-8+/t21-/m0/s1. The molecule has 0 saturated carbocycles. The lowest BCUT2D eigenvalue weighted by Crippen LogP contribution is -3.28. The Morgan fingerprint density at radius 2 is 1.57 bits per heavy atom. The predicted molar refractivity (Wildman–Crippen MR) is 114 cm³/mol. The maximum Gasteiger partial charge on any atom is 0.275 e. The Hall–Kier alpha value is -2.43. The molecule has 0 bridgehead atoms. The molecule has 0 aromatic heterocycles. The summed E-state index contributed by atoms with van der Waals surface area (Å²) in [6.45, 7) is 8.90. The summed E-state index contributed by atoms with van der Waals surface area (Å²) in [7, 11) is 0. The zero-order valence-electron chi connectivity index (χ0n) is 16.9. The first-order valence-corrected chi connectivity index (χ1v) is 10.4. The van der Waals surface area contributed by atoms with Crippen molar-refractivity contribution in [2.75, 3.05) is 45.8 Å². The van der Waals surface area contributed by atoms with Crippen molar-refractivity contribution in [2.45, 2.75) is 12.8 Å². The van der Waals surface area contributed by atoms with Crippen molar-refractivity contribution in [1.29, 1.82) is 0 Å². The lowest BCUT2D eigenvalue weighted by Gasteiger charge is -2.28. The third-order valence-corrected chi connectivity index (χ3v) is 5.57. The van der Waals surface area contributed by atoms with Gasteiger partial charge in [-0.1, -0.05) is 73.7 Å². The van der Waals surface area contributed by atoms with Gasteiger partial charge in [-0.25, -0.2) is 0 Å². The molecule has 1 saturated heterocycles. The average Bonchev–Trinajstić information content (AvgIpc) is 2.75. The highest BCUT2D eigenvalue weighted by molar-refractivity contribution is 5.76. The summed E-state index contributed by atoms with van der Waals surface area (Å²) >= 11 is 0. The zero-order chi connectivity index (χ0) is 19.6. The number of carbonyl (C=O) groups is 1. The van der Waals surface area contributed by atoms with Gasteiger partial charge in [0.2, 0.25) is 0 Å². The second-order valence-electron chi connectivity index (χ2n) is 7.81. The third kappa shape index (κ3) is 6.63. The number of nitrogens with one attached hydrogen (secondary N) is 3. The van der Waals surface area contributed by atoms with Crippen LogP contribution in [0.1, 0.15) is 24.0 Å². The minimum absolute atomic E-state index is 0.171. The Balaban J connectivity index is 1.32.